The highest BCUT2D eigenvalue weighted by atomic mass is 19.4. The van der Waals surface area contributed by atoms with Gasteiger partial charge < -0.3 is 20.3 Å². The van der Waals surface area contributed by atoms with Crippen molar-refractivity contribution in [1.82, 2.24) is 24.9 Å². The third kappa shape index (κ3) is 5.52. The van der Waals surface area contributed by atoms with E-state index in [2.05, 4.69) is 30.9 Å². The van der Waals surface area contributed by atoms with Crippen LogP contribution in [0.1, 0.15) is 36.8 Å². The van der Waals surface area contributed by atoms with Gasteiger partial charge in [0.15, 0.2) is 11.6 Å². The summed E-state index contributed by atoms with van der Waals surface area (Å²) in [7, 11) is 0. The molecule has 0 radical (unpaired) electrons. The van der Waals surface area contributed by atoms with Crippen LogP contribution < -0.4 is 10.6 Å². The summed E-state index contributed by atoms with van der Waals surface area (Å²) in [6.45, 7) is 2.28. The summed E-state index contributed by atoms with van der Waals surface area (Å²) in [4.78, 5) is 21.0. The van der Waals surface area contributed by atoms with Gasteiger partial charge in [0.05, 0.1) is 31.0 Å². The number of aryl methyl sites for hydroxylation is 1. The first-order valence-corrected chi connectivity index (χ1v) is 12.5. The maximum atomic E-state index is 14.8. The number of nitrogens with zero attached hydrogens (tertiary/aromatic N) is 5. The Hall–Kier alpha value is -4.33. The first kappa shape index (κ1) is 27.2. The minimum atomic E-state index is -4.47. The fourth-order valence-electron chi connectivity index (χ4n) is 4.29. The zero-order valence-corrected chi connectivity index (χ0v) is 21.3. The lowest BCUT2D eigenvalue weighted by Crippen LogP contribution is -2.28. The molecule has 3 N–H and O–H groups in total. The Labute approximate surface area is 225 Å². The molecule has 4 aromatic rings. The van der Waals surface area contributed by atoms with Crippen LogP contribution in [0.3, 0.4) is 0 Å². The molecule has 0 atom stereocenters. The Morgan fingerprint density at radius 1 is 1.18 bits per heavy atom. The standard InChI is InChI=1S/C26H25F4N7O3/c1-2-19-20(14-37(35-19)7-8-38)33-24-31-12-17(13-32-24)15-3-4-16(18(27)9-15)10-23(39)34-22-11-21(40-36-22)25(5-6-25)26(28,29)30/h3-4,9,11-14,38H,2,5-8,10H2,1H3,(H,31,32,33)(H,34,36,39). The van der Waals surface area contributed by atoms with E-state index in [1.807, 2.05) is 6.92 Å². The van der Waals surface area contributed by atoms with E-state index >= 15 is 0 Å². The highest BCUT2D eigenvalue weighted by Gasteiger charge is 2.66. The molecule has 5 rings (SSSR count). The number of amides is 1. The number of carbonyl (C=O) groups excluding carboxylic acids is 1. The average molecular weight is 560 g/mol. The smallest absolute Gasteiger partial charge is 0.394 e. The summed E-state index contributed by atoms with van der Waals surface area (Å²) in [5.41, 5.74) is 0.573. The van der Waals surface area contributed by atoms with E-state index in [0.717, 1.165) is 11.8 Å². The van der Waals surface area contributed by atoms with Gasteiger partial charge in [-0.15, -0.1) is 0 Å². The van der Waals surface area contributed by atoms with Crippen LogP contribution in [0.5, 0.6) is 0 Å². The van der Waals surface area contributed by atoms with E-state index in [-0.39, 0.29) is 43.0 Å². The number of benzene rings is 1. The fraction of sp³-hybridized carbons (Fsp3) is 0.346. The third-order valence-corrected chi connectivity index (χ3v) is 6.68. The van der Waals surface area contributed by atoms with Crippen LogP contribution in [-0.2, 0) is 29.6 Å². The minimum absolute atomic E-state index is 0.0378. The summed E-state index contributed by atoms with van der Waals surface area (Å²) >= 11 is 0. The van der Waals surface area contributed by atoms with Gasteiger partial charge in [-0.1, -0.05) is 24.2 Å². The predicted molar refractivity (Wildman–Crippen MR) is 135 cm³/mol. The van der Waals surface area contributed by atoms with Crippen LogP contribution in [0.4, 0.5) is 35.0 Å². The highest BCUT2D eigenvalue weighted by molar-refractivity contribution is 5.91. The second-order valence-corrected chi connectivity index (χ2v) is 9.44. The van der Waals surface area contributed by atoms with Crippen molar-refractivity contribution in [2.75, 3.05) is 17.2 Å². The zero-order chi connectivity index (χ0) is 28.5. The summed E-state index contributed by atoms with van der Waals surface area (Å²) < 4.78 is 61.1. The number of hydrogen-bond acceptors (Lipinski definition) is 8. The molecule has 1 saturated carbocycles. The molecule has 210 valence electrons. The molecule has 3 heterocycles. The number of aromatic nitrogens is 5. The van der Waals surface area contributed by atoms with Crippen molar-refractivity contribution in [2.45, 2.75) is 50.7 Å². The van der Waals surface area contributed by atoms with Crippen LogP contribution in [0, 0.1) is 5.82 Å². The zero-order valence-electron chi connectivity index (χ0n) is 21.3. The van der Waals surface area contributed by atoms with Crippen LogP contribution in [-0.4, -0.2) is 48.7 Å². The van der Waals surface area contributed by atoms with Gasteiger partial charge >= 0.3 is 6.18 Å². The number of aliphatic hydroxyl groups is 1. The molecular formula is C26H25F4N7O3. The number of alkyl halides is 3. The van der Waals surface area contributed by atoms with E-state index in [4.69, 9.17) is 9.63 Å². The predicted octanol–water partition coefficient (Wildman–Crippen LogP) is 4.54. The number of halogens is 4. The van der Waals surface area contributed by atoms with Crippen LogP contribution in [0.2, 0.25) is 0 Å². The van der Waals surface area contributed by atoms with E-state index in [1.54, 1.807) is 16.9 Å². The number of anilines is 3. The SMILES string of the molecule is CCc1nn(CCO)cc1Nc1ncc(-c2ccc(CC(=O)Nc3cc(C4(C(F)(F)F)CC4)on3)c(F)c2)cn1. The minimum Gasteiger partial charge on any atom is -0.394 e. The van der Waals surface area contributed by atoms with E-state index in [0.29, 0.717) is 35.7 Å². The van der Waals surface area contributed by atoms with Gasteiger partial charge in [0, 0.05) is 30.2 Å². The van der Waals surface area contributed by atoms with E-state index in [9.17, 15) is 22.4 Å². The van der Waals surface area contributed by atoms with Crippen molar-refractivity contribution in [2.24, 2.45) is 0 Å². The van der Waals surface area contributed by atoms with E-state index < -0.39 is 23.3 Å². The van der Waals surface area contributed by atoms with Crippen LogP contribution in [0.15, 0.2) is 47.4 Å². The van der Waals surface area contributed by atoms with Gasteiger partial charge in [-0.2, -0.15) is 18.3 Å². The van der Waals surface area contributed by atoms with Crippen molar-refractivity contribution in [3.63, 3.8) is 0 Å². The molecule has 0 aliphatic heterocycles. The number of nitrogens with one attached hydrogen (secondary N) is 2. The largest absolute Gasteiger partial charge is 0.401 e. The van der Waals surface area contributed by atoms with E-state index in [1.165, 1.54) is 24.5 Å². The van der Waals surface area contributed by atoms with Gasteiger partial charge in [0.1, 0.15) is 11.2 Å². The van der Waals surface area contributed by atoms with Gasteiger partial charge in [0.25, 0.3) is 0 Å². The molecule has 0 spiro atoms. The summed E-state index contributed by atoms with van der Waals surface area (Å²) in [5.74, 6) is -1.50. The lowest BCUT2D eigenvalue weighted by atomic mass is 10.0. The Balaban J connectivity index is 1.21. The lowest BCUT2D eigenvalue weighted by Gasteiger charge is -2.14. The topological polar surface area (TPSA) is 131 Å². The Kier molecular flexibility index (Phi) is 7.27. The summed E-state index contributed by atoms with van der Waals surface area (Å²) in [6, 6.07) is 5.36. The number of rotatable bonds is 10. The fourth-order valence-corrected chi connectivity index (χ4v) is 4.29. The first-order valence-electron chi connectivity index (χ1n) is 12.5. The number of aliphatic hydroxyl groups excluding tert-OH is 1. The monoisotopic (exact) mass is 559 g/mol. The van der Waals surface area contributed by atoms with Gasteiger partial charge in [-0.3, -0.25) is 9.48 Å². The van der Waals surface area contributed by atoms with Gasteiger partial charge in [0.2, 0.25) is 11.9 Å². The maximum absolute atomic E-state index is 14.8. The normalized spacial score (nSPS) is 14.2. The first-order chi connectivity index (χ1) is 19.1. The second kappa shape index (κ2) is 10.7. The second-order valence-electron chi connectivity index (χ2n) is 9.44. The highest BCUT2D eigenvalue weighted by Crippen LogP contribution is 2.59. The molecule has 1 aromatic carbocycles. The average Bonchev–Trinajstić information content (AvgIpc) is 3.48. The van der Waals surface area contributed by atoms with Crippen molar-refractivity contribution in [1.29, 1.82) is 0 Å². The Morgan fingerprint density at radius 3 is 2.55 bits per heavy atom. The van der Waals surface area contributed by atoms with Gasteiger partial charge in [-0.25, -0.2) is 14.4 Å². The molecule has 10 nitrogen and oxygen atoms in total. The van der Waals surface area contributed by atoms with Crippen molar-refractivity contribution >= 4 is 23.4 Å². The molecular weight excluding hydrogens is 534 g/mol. The number of carbonyl (C=O) groups is 1. The van der Waals surface area contributed by atoms with Gasteiger partial charge in [-0.05, 0) is 36.5 Å². The van der Waals surface area contributed by atoms with Crippen LogP contribution in [0.25, 0.3) is 11.1 Å². The molecule has 14 heteroatoms. The third-order valence-electron chi connectivity index (χ3n) is 6.68. The summed E-state index contributed by atoms with van der Waals surface area (Å²) in [6.07, 6.45) is 0.443. The molecule has 0 bridgehead atoms. The molecule has 1 aliphatic carbocycles. The van der Waals surface area contributed by atoms with Crippen molar-refractivity contribution < 1.29 is 32.0 Å². The molecule has 40 heavy (non-hydrogen) atoms. The molecule has 0 unspecified atom stereocenters. The Morgan fingerprint density at radius 2 is 1.93 bits per heavy atom. The summed E-state index contributed by atoms with van der Waals surface area (Å²) in [5, 5.41) is 22.5. The Bertz CT molecular complexity index is 1510. The molecule has 1 amide bonds. The maximum Gasteiger partial charge on any atom is 0.401 e. The van der Waals surface area contributed by atoms with Crippen LogP contribution >= 0.6 is 0 Å². The van der Waals surface area contributed by atoms with Crippen molar-refractivity contribution in [3.8, 4) is 11.1 Å². The molecule has 1 aliphatic rings. The lowest BCUT2D eigenvalue weighted by molar-refractivity contribution is -0.165. The number of hydrogen-bond donors (Lipinski definition) is 3. The quantitative estimate of drug-likeness (QED) is 0.242. The molecule has 3 aromatic heterocycles. The molecule has 1 fully saturated rings. The molecule has 0 saturated heterocycles. The van der Waals surface area contributed by atoms with Crippen molar-refractivity contribution in [3.05, 3.63) is 65.7 Å².